The number of rotatable bonds is 1. The van der Waals surface area contributed by atoms with E-state index in [4.69, 9.17) is 0 Å². The first-order chi connectivity index (χ1) is 8.46. The van der Waals surface area contributed by atoms with E-state index in [1.165, 1.54) is 0 Å². The molecule has 0 aliphatic carbocycles. The van der Waals surface area contributed by atoms with Crippen LogP contribution < -0.4 is 5.56 Å². The Labute approximate surface area is 106 Å². The van der Waals surface area contributed by atoms with Crippen LogP contribution in [-0.4, -0.2) is 23.5 Å². The molecule has 2 aromatic rings. The van der Waals surface area contributed by atoms with Gasteiger partial charge in [0.15, 0.2) is 0 Å². The Hall–Kier alpha value is -1.93. The van der Waals surface area contributed by atoms with Crippen molar-refractivity contribution in [3.05, 3.63) is 34.1 Å². The lowest BCUT2D eigenvalue weighted by molar-refractivity contribution is 0.872. The summed E-state index contributed by atoms with van der Waals surface area (Å²) in [5.74, 6) is 3.19. The van der Waals surface area contributed by atoms with E-state index in [1.807, 2.05) is 18.2 Å². The monoisotopic (exact) mass is 257 g/mol. The molecule has 0 saturated heterocycles. The zero-order chi connectivity index (χ0) is 13.2. The highest BCUT2D eigenvalue weighted by molar-refractivity contribution is 6.83. The molecule has 1 N–H and O–H groups in total. The number of nitrogens with one attached hydrogen (secondary N) is 1. The maximum atomic E-state index is 11.6. The smallest absolute Gasteiger partial charge is 0.267 e. The number of fused-ring (bicyclic) bond motifs is 1. The second-order valence-electron chi connectivity index (χ2n) is 5.22. The van der Waals surface area contributed by atoms with Crippen LogP contribution >= 0.6 is 0 Å². The lowest BCUT2D eigenvalue weighted by atomic mass is 10.1. The van der Waals surface area contributed by atoms with Gasteiger partial charge < -0.3 is 0 Å². The van der Waals surface area contributed by atoms with Crippen molar-refractivity contribution in [2.75, 3.05) is 0 Å². The molecule has 0 unspecified atom stereocenters. The van der Waals surface area contributed by atoms with E-state index < -0.39 is 8.07 Å². The fourth-order valence-electron chi connectivity index (χ4n) is 1.56. The summed E-state index contributed by atoms with van der Waals surface area (Å²) in [6.45, 7) is 6.63. The first-order valence-corrected chi connectivity index (χ1v) is 9.30. The summed E-state index contributed by atoms with van der Waals surface area (Å²) in [6.07, 6.45) is 0.669. The Balaban J connectivity index is 2.33. The van der Waals surface area contributed by atoms with Gasteiger partial charge in [-0.15, -0.1) is 16.6 Å². The summed E-state index contributed by atoms with van der Waals surface area (Å²) in [5, 5.41) is 10.3. The molecule has 0 amide bonds. The van der Waals surface area contributed by atoms with Gasteiger partial charge in [-0.3, -0.25) is 4.79 Å². The van der Waals surface area contributed by atoms with Crippen molar-refractivity contribution < 1.29 is 0 Å². The molecule has 0 aliphatic rings. The zero-order valence-electron chi connectivity index (χ0n) is 10.7. The minimum atomic E-state index is -1.33. The Kier molecular flexibility index (Phi) is 3.30. The van der Waals surface area contributed by atoms with Crippen molar-refractivity contribution in [2.45, 2.75) is 26.1 Å². The average molecular weight is 257 g/mol. The molecule has 0 fully saturated rings. The number of hydrogen-bond donors (Lipinski definition) is 1. The Morgan fingerprint density at radius 2 is 2.11 bits per heavy atom. The minimum Gasteiger partial charge on any atom is -0.267 e. The topological polar surface area (TPSA) is 58.6 Å². The molecule has 0 atom stereocenters. The van der Waals surface area contributed by atoms with E-state index in [2.05, 4.69) is 46.5 Å². The van der Waals surface area contributed by atoms with Crippen LogP contribution in [0.15, 0.2) is 23.0 Å². The summed E-state index contributed by atoms with van der Waals surface area (Å²) < 4.78 is 0. The van der Waals surface area contributed by atoms with Gasteiger partial charge in [0.2, 0.25) is 0 Å². The summed E-state index contributed by atoms with van der Waals surface area (Å²) in [7, 11) is -1.33. The number of H-pyrrole nitrogens is 1. The van der Waals surface area contributed by atoms with Crippen LogP contribution in [0, 0.1) is 11.5 Å². The summed E-state index contributed by atoms with van der Waals surface area (Å²) in [5.41, 5.74) is 4.75. The molecular formula is C13H15N3OSi. The van der Waals surface area contributed by atoms with Gasteiger partial charge in [0.05, 0.1) is 5.39 Å². The van der Waals surface area contributed by atoms with Crippen LogP contribution in [0.2, 0.25) is 19.6 Å². The van der Waals surface area contributed by atoms with Crippen LogP contribution in [0.5, 0.6) is 0 Å². The standard InChI is InChI=1S/C13H15N3OSi/c1-18(2,3)8-4-5-10-6-7-12-11(9-10)13(17)15-16-14-12/h6-7,9H,5H2,1-3H3,(H,14,15,17). The first-order valence-electron chi connectivity index (χ1n) is 5.80. The van der Waals surface area contributed by atoms with Crippen LogP contribution in [0.1, 0.15) is 5.56 Å². The van der Waals surface area contributed by atoms with Gasteiger partial charge in [-0.1, -0.05) is 30.9 Å². The molecule has 1 aromatic heterocycles. The van der Waals surface area contributed by atoms with E-state index in [0.29, 0.717) is 17.3 Å². The van der Waals surface area contributed by atoms with Gasteiger partial charge in [-0.2, -0.15) is 0 Å². The van der Waals surface area contributed by atoms with E-state index in [9.17, 15) is 4.79 Å². The lowest BCUT2D eigenvalue weighted by Crippen LogP contribution is -2.16. The van der Waals surface area contributed by atoms with E-state index in [1.54, 1.807) is 0 Å². The molecule has 0 bridgehead atoms. The maximum absolute atomic E-state index is 11.6. The van der Waals surface area contributed by atoms with Crippen LogP contribution in [0.4, 0.5) is 0 Å². The zero-order valence-corrected chi connectivity index (χ0v) is 11.7. The molecule has 18 heavy (non-hydrogen) atoms. The van der Waals surface area contributed by atoms with Crippen molar-refractivity contribution in [3.63, 3.8) is 0 Å². The molecule has 92 valence electrons. The summed E-state index contributed by atoms with van der Waals surface area (Å²) >= 11 is 0. The molecular weight excluding hydrogens is 242 g/mol. The first kappa shape index (κ1) is 12.5. The van der Waals surface area contributed by atoms with Gasteiger partial charge in [0.25, 0.3) is 5.56 Å². The molecule has 0 spiro atoms. The van der Waals surface area contributed by atoms with E-state index >= 15 is 0 Å². The minimum absolute atomic E-state index is 0.208. The second kappa shape index (κ2) is 4.74. The van der Waals surface area contributed by atoms with Gasteiger partial charge in [-0.05, 0) is 17.7 Å². The largest absolute Gasteiger partial charge is 0.275 e. The fourth-order valence-corrected chi connectivity index (χ4v) is 2.18. The van der Waals surface area contributed by atoms with Crippen molar-refractivity contribution in [3.8, 4) is 11.5 Å². The molecule has 0 aliphatic heterocycles. The fraction of sp³-hybridized carbons (Fsp3) is 0.308. The molecule has 1 heterocycles. The molecule has 1 aromatic carbocycles. The van der Waals surface area contributed by atoms with Gasteiger partial charge in [-0.25, -0.2) is 5.10 Å². The van der Waals surface area contributed by atoms with E-state index in [-0.39, 0.29) is 5.56 Å². The molecule has 5 heteroatoms. The predicted molar refractivity (Wildman–Crippen MR) is 75.0 cm³/mol. The highest BCUT2D eigenvalue weighted by Crippen LogP contribution is 2.09. The van der Waals surface area contributed by atoms with Crippen LogP contribution in [0.25, 0.3) is 10.9 Å². The highest BCUT2D eigenvalue weighted by atomic mass is 28.3. The third-order valence-electron chi connectivity index (χ3n) is 2.37. The maximum Gasteiger partial charge on any atom is 0.275 e. The van der Waals surface area contributed by atoms with Gasteiger partial charge >= 0.3 is 0 Å². The Bertz CT molecular complexity index is 689. The third kappa shape index (κ3) is 3.05. The van der Waals surface area contributed by atoms with Gasteiger partial charge in [0.1, 0.15) is 13.6 Å². The quantitative estimate of drug-likeness (QED) is 0.625. The molecule has 0 radical (unpaired) electrons. The molecule has 2 rings (SSSR count). The third-order valence-corrected chi connectivity index (χ3v) is 3.30. The van der Waals surface area contributed by atoms with Crippen LogP contribution in [-0.2, 0) is 6.42 Å². The average Bonchev–Trinajstić information content (AvgIpc) is 2.28. The van der Waals surface area contributed by atoms with Crippen molar-refractivity contribution in [2.24, 2.45) is 0 Å². The number of aromatic amines is 1. The highest BCUT2D eigenvalue weighted by Gasteiger charge is 2.07. The van der Waals surface area contributed by atoms with Crippen LogP contribution in [0.3, 0.4) is 0 Å². The summed E-state index contributed by atoms with van der Waals surface area (Å²) in [4.78, 5) is 11.6. The van der Waals surface area contributed by atoms with E-state index in [0.717, 1.165) is 5.56 Å². The van der Waals surface area contributed by atoms with Crippen molar-refractivity contribution >= 4 is 19.0 Å². The predicted octanol–water partition coefficient (Wildman–Crippen LogP) is 1.74. The lowest BCUT2D eigenvalue weighted by Gasteiger charge is -2.03. The second-order valence-corrected chi connectivity index (χ2v) is 9.97. The molecule has 0 saturated carbocycles. The van der Waals surface area contributed by atoms with Crippen molar-refractivity contribution in [1.82, 2.24) is 15.4 Å². The Morgan fingerprint density at radius 1 is 1.33 bits per heavy atom. The number of hydrogen-bond acceptors (Lipinski definition) is 3. The summed E-state index contributed by atoms with van der Waals surface area (Å²) in [6, 6.07) is 5.58. The SMILES string of the molecule is C[Si](C)(C)C#CCc1ccc2nn[nH]c(=O)c2c1. The van der Waals surface area contributed by atoms with Gasteiger partial charge in [0, 0.05) is 6.42 Å². The number of aromatic nitrogens is 3. The van der Waals surface area contributed by atoms with Crippen molar-refractivity contribution in [1.29, 1.82) is 0 Å². The number of nitrogens with zero attached hydrogens (tertiary/aromatic N) is 2. The Morgan fingerprint density at radius 3 is 2.83 bits per heavy atom. The normalized spacial score (nSPS) is 11.1. The number of benzene rings is 1. The molecule has 4 nitrogen and oxygen atoms in total.